The Hall–Kier alpha value is -2.55. The molecule has 1 fully saturated rings. The van der Waals surface area contributed by atoms with Crippen LogP contribution in [0.5, 0.6) is 0 Å². The molecule has 0 radical (unpaired) electrons. The lowest BCUT2D eigenvalue weighted by molar-refractivity contribution is -0.132. The minimum absolute atomic E-state index is 0.0988. The lowest BCUT2D eigenvalue weighted by Gasteiger charge is -2.23. The number of rotatable bonds is 7. The number of halogens is 3. The molecule has 3 rings (SSSR count). The molecule has 1 saturated heterocycles. The topological polar surface area (TPSA) is 78.9 Å². The van der Waals surface area contributed by atoms with Crippen LogP contribution in [0.3, 0.4) is 0 Å². The number of carbonyl (C=O) groups is 2. The summed E-state index contributed by atoms with van der Waals surface area (Å²) in [7, 11) is 0. The number of imide groups is 1. The fourth-order valence-electron chi connectivity index (χ4n) is 3.05. The Bertz CT molecular complexity index is 942. The first kappa shape index (κ1) is 21.2. The second kappa shape index (κ2) is 8.44. The van der Waals surface area contributed by atoms with Crippen LogP contribution in [0.15, 0.2) is 42.5 Å². The van der Waals surface area contributed by atoms with Gasteiger partial charge in [0.1, 0.15) is 5.54 Å². The Morgan fingerprint density at radius 2 is 1.93 bits per heavy atom. The second-order valence-corrected chi connectivity index (χ2v) is 7.27. The van der Waals surface area contributed by atoms with Crippen molar-refractivity contribution in [3.05, 3.63) is 70.2 Å². The Morgan fingerprint density at radius 1 is 1.21 bits per heavy atom. The highest BCUT2D eigenvalue weighted by atomic mass is 35.5. The molecule has 2 aromatic carbocycles. The minimum Gasteiger partial charge on any atom is -0.389 e. The molecule has 1 heterocycles. The number of urea groups is 1. The van der Waals surface area contributed by atoms with Crippen molar-refractivity contribution in [2.75, 3.05) is 13.2 Å². The van der Waals surface area contributed by atoms with E-state index in [1.807, 2.05) is 0 Å². The molecule has 2 N–H and O–H groups in total. The van der Waals surface area contributed by atoms with E-state index in [9.17, 15) is 23.5 Å². The molecule has 0 bridgehead atoms. The van der Waals surface area contributed by atoms with Gasteiger partial charge in [0.05, 0.1) is 25.9 Å². The lowest BCUT2D eigenvalue weighted by atomic mass is 9.92. The predicted molar refractivity (Wildman–Crippen MR) is 101 cm³/mol. The summed E-state index contributed by atoms with van der Waals surface area (Å²) < 4.78 is 32.2. The molecular weight excluding hydrogens is 406 g/mol. The van der Waals surface area contributed by atoms with Crippen LogP contribution in [0.2, 0.25) is 5.02 Å². The van der Waals surface area contributed by atoms with Crippen molar-refractivity contribution >= 4 is 23.5 Å². The zero-order chi connectivity index (χ0) is 21.2. The number of hydrogen-bond acceptors (Lipinski definition) is 4. The maximum Gasteiger partial charge on any atom is 0.325 e. The number of ether oxygens (including phenoxy) is 1. The van der Waals surface area contributed by atoms with E-state index in [1.165, 1.54) is 13.0 Å². The molecule has 154 valence electrons. The summed E-state index contributed by atoms with van der Waals surface area (Å²) >= 11 is 6.03. The van der Waals surface area contributed by atoms with Gasteiger partial charge in [0.2, 0.25) is 0 Å². The first-order chi connectivity index (χ1) is 13.7. The van der Waals surface area contributed by atoms with Gasteiger partial charge in [-0.3, -0.25) is 9.69 Å². The number of β-amino-alcohol motifs (C(OH)–C–C–N with tert-alkyl or cyclic N) is 1. The number of amides is 3. The van der Waals surface area contributed by atoms with Gasteiger partial charge in [-0.25, -0.2) is 13.6 Å². The molecule has 1 aliphatic heterocycles. The van der Waals surface area contributed by atoms with Crippen LogP contribution in [0.25, 0.3) is 0 Å². The molecule has 9 heteroatoms. The number of aliphatic hydroxyl groups is 1. The summed E-state index contributed by atoms with van der Waals surface area (Å²) in [5.41, 5.74) is -0.729. The molecular formula is C20H19ClF2N2O4. The first-order valence-electron chi connectivity index (χ1n) is 8.81. The molecule has 29 heavy (non-hydrogen) atoms. The van der Waals surface area contributed by atoms with E-state index in [-0.39, 0.29) is 25.3 Å². The second-order valence-electron chi connectivity index (χ2n) is 6.86. The van der Waals surface area contributed by atoms with Crippen molar-refractivity contribution in [2.24, 2.45) is 0 Å². The van der Waals surface area contributed by atoms with Crippen LogP contribution in [-0.4, -0.2) is 41.2 Å². The van der Waals surface area contributed by atoms with Crippen LogP contribution in [0.1, 0.15) is 18.1 Å². The van der Waals surface area contributed by atoms with Gasteiger partial charge in [-0.15, -0.1) is 0 Å². The monoisotopic (exact) mass is 424 g/mol. The van der Waals surface area contributed by atoms with Crippen LogP contribution >= 0.6 is 11.6 Å². The third-order valence-electron chi connectivity index (χ3n) is 4.69. The van der Waals surface area contributed by atoms with E-state index in [4.69, 9.17) is 16.3 Å². The summed E-state index contributed by atoms with van der Waals surface area (Å²) in [5.74, 6) is -2.87. The third-order valence-corrected chi connectivity index (χ3v) is 5.06. The number of hydrogen-bond donors (Lipinski definition) is 2. The molecule has 6 nitrogen and oxygen atoms in total. The van der Waals surface area contributed by atoms with Gasteiger partial charge in [-0.2, -0.15) is 0 Å². The van der Waals surface area contributed by atoms with E-state index in [0.29, 0.717) is 5.02 Å². The third kappa shape index (κ3) is 4.39. The quantitative estimate of drug-likeness (QED) is 0.670. The van der Waals surface area contributed by atoms with Crippen molar-refractivity contribution in [2.45, 2.75) is 25.2 Å². The van der Waals surface area contributed by atoms with Gasteiger partial charge < -0.3 is 15.2 Å². The normalized spacial score (nSPS) is 20.1. The molecule has 0 aliphatic carbocycles. The molecule has 2 unspecified atom stereocenters. The standard InChI is InChI=1S/C20H19ClF2N2O4/c1-20(13-6-7-16(22)17(23)8-13)18(27)25(19(28)24-20)9-14(26)11-29-10-12-4-2-3-5-15(12)21/h2-8,14,26H,9-11H2,1H3,(H,24,28). The van der Waals surface area contributed by atoms with E-state index < -0.39 is 35.2 Å². The first-order valence-corrected chi connectivity index (χ1v) is 9.19. The molecule has 0 spiro atoms. The molecule has 2 aromatic rings. The van der Waals surface area contributed by atoms with Crippen molar-refractivity contribution in [3.63, 3.8) is 0 Å². The maximum absolute atomic E-state index is 13.6. The van der Waals surface area contributed by atoms with Crippen molar-refractivity contribution < 1.29 is 28.2 Å². The van der Waals surface area contributed by atoms with Crippen molar-refractivity contribution in [1.29, 1.82) is 0 Å². The highest BCUT2D eigenvalue weighted by Gasteiger charge is 2.49. The largest absolute Gasteiger partial charge is 0.389 e. The maximum atomic E-state index is 13.6. The Balaban J connectivity index is 1.62. The SMILES string of the molecule is CC1(c2ccc(F)c(F)c2)NC(=O)N(CC(O)COCc2ccccc2Cl)C1=O. The smallest absolute Gasteiger partial charge is 0.325 e. The summed E-state index contributed by atoms with van der Waals surface area (Å²) in [4.78, 5) is 25.8. The Morgan fingerprint density at radius 3 is 2.62 bits per heavy atom. The van der Waals surface area contributed by atoms with E-state index >= 15 is 0 Å². The molecule has 0 saturated carbocycles. The highest BCUT2D eigenvalue weighted by Crippen LogP contribution is 2.30. The number of aliphatic hydroxyl groups excluding tert-OH is 1. The summed E-state index contributed by atoms with van der Waals surface area (Å²) in [5, 5.41) is 13.2. The van der Waals surface area contributed by atoms with Crippen LogP contribution in [0.4, 0.5) is 13.6 Å². The number of carbonyl (C=O) groups excluding carboxylic acids is 2. The minimum atomic E-state index is -1.57. The van der Waals surface area contributed by atoms with Crippen molar-refractivity contribution in [1.82, 2.24) is 10.2 Å². The van der Waals surface area contributed by atoms with Gasteiger partial charge in [-0.1, -0.05) is 35.9 Å². The number of nitrogens with one attached hydrogen (secondary N) is 1. The molecule has 2 atom stereocenters. The Kier molecular flexibility index (Phi) is 6.16. The van der Waals surface area contributed by atoms with Gasteiger partial charge >= 0.3 is 6.03 Å². The van der Waals surface area contributed by atoms with Crippen LogP contribution in [-0.2, 0) is 21.7 Å². The molecule has 3 amide bonds. The fourth-order valence-corrected chi connectivity index (χ4v) is 3.24. The van der Waals surface area contributed by atoms with Gasteiger partial charge in [0.25, 0.3) is 5.91 Å². The van der Waals surface area contributed by atoms with Gasteiger partial charge in [-0.05, 0) is 36.2 Å². The zero-order valence-corrected chi connectivity index (χ0v) is 16.2. The number of benzene rings is 2. The van der Waals surface area contributed by atoms with Crippen molar-refractivity contribution in [3.8, 4) is 0 Å². The van der Waals surface area contributed by atoms with Crippen LogP contribution < -0.4 is 5.32 Å². The van der Waals surface area contributed by atoms with Crippen LogP contribution in [0, 0.1) is 11.6 Å². The summed E-state index contributed by atoms with van der Waals surface area (Å²) in [6.45, 7) is 1.10. The Labute approximate surface area is 171 Å². The average Bonchev–Trinajstić information content (AvgIpc) is 2.89. The summed E-state index contributed by atoms with van der Waals surface area (Å²) in [6.07, 6.45) is -1.14. The zero-order valence-electron chi connectivity index (χ0n) is 15.5. The molecule has 1 aliphatic rings. The number of nitrogens with zero attached hydrogens (tertiary/aromatic N) is 1. The highest BCUT2D eigenvalue weighted by molar-refractivity contribution is 6.31. The predicted octanol–water partition coefficient (Wildman–Crippen LogP) is 2.96. The van der Waals surface area contributed by atoms with Gasteiger partial charge in [0.15, 0.2) is 11.6 Å². The van der Waals surface area contributed by atoms with E-state index in [2.05, 4.69) is 5.32 Å². The summed E-state index contributed by atoms with van der Waals surface area (Å²) in [6, 6.07) is 9.30. The van der Waals surface area contributed by atoms with Gasteiger partial charge in [0, 0.05) is 5.02 Å². The van der Waals surface area contributed by atoms with E-state index in [1.54, 1.807) is 24.3 Å². The average molecular weight is 425 g/mol. The lowest BCUT2D eigenvalue weighted by Crippen LogP contribution is -2.42. The van der Waals surface area contributed by atoms with E-state index in [0.717, 1.165) is 22.6 Å². The molecule has 0 aromatic heterocycles. The fraction of sp³-hybridized carbons (Fsp3) is 0.300.